The van der Waals surface area contributed by atoms with Gasteiger partial charge in [-0.05, 0) is 70.2 Å². The summed E-state index contributed by atoms with van der Waals surface area (Å²) in [6.45, 7) is 6.44. The molecule has 1 aromatic heterocycles. The van der Waals surface area contributed by atoms with Gasteiger partial charge in [-0.2, -0.15) is 0 Å². The van der Waals surface area contributed by atoms with Gasteiger partial charge in [0.25, 0.3) is 0 Å². The third kappa shape index (κ3) is 2.52. The smallest absolute Gasteiger partial charge is 0.161 e. The molecule has 0 spiro atoms. The fourth-order valence-corrected chi connectivity index (χ4v) is 4.00. The van der Waals surface area contributed by atoms with Crippen molar-refractivity contribution in [1.29, 1.82) is 0 Å². The topological polar surface area (TPSA) is 33.2 Å². The Bertz CT molecular complexity index is 522. The van der Waals surface area contributed by atoms with Crippen LogP contribution in [-0.2, 0) is 11.2 Å². The summed E-state index contributed by atoms with van der Waals surface area (Å²) >= 11 is 0. The van der Waals surface area contributed by atoms with Crippen LogP contribution in [-0.4, -0.2) is 34.3 Å². The Morgan fingerprint density at radius 1 is 1.38 bits per heavy atom. The lowest BCUT2D eigenvalue weighted by atomic mass is 9.76. The Morgan fingerprint density at radius 3 is 2.86 bits per heavy atom. The van der Waals surface area contributed by atoms with Crippen LogP contribution in [0, 0.1) is 0 Å². The molecular weight excluding hydrogens is 260 g/mol. The van der Waals surface area contributed by atoms with E-state index in [1.807, 2.05) is 12.3 Å². The quantitative estimate of drug-likeness (QED) is 0.851. The highest BCUT2D eigenvalue weighted by Crippen LogP contribution is 2.37. The first-order chi connectivity index (χ1) is 10.2. The maximum absolute atomic E-state index is 13.3. The van der Waals surface area contributed by atoms with Crippen molar-refractivity contribution in [1.82, 2.24) is 9.88 Å². The molecule has 3 rings (SSSR count). The molecule has 1 aliphatic heterocycles. The molecule has 2 unspecified atom stereocenters. The molecule has 3 heteroatoms. The second-order valence-electron chi connectivity index (χ2n) is 6.68. The van der Waals surface area contributed by atoms with E-state index in [1.165, 1.54) is 18.4 Å². The van der Waals surface area contributed by atoms with Crippen LogP contribution < -0.4 is 0 Å². The minimum Gasteiger partial charge on any atom is -0.297 e. The molecule has 2 atom stereocenters. The number of Topliss-reactive ketones (excluding diaryl/α,β-unsaturated/α-hetero) is 1. The summed E-state index contributed by atoms with van der Waals surface area (Å²) in [5.74, 6) is 0.395. The van der Waals surface area contributed by atoms with Crippen LogP contribution in [0.3, 0.4) is 0 Å². The number of nitrogens with zero attached hydrogens (tertiary/aromatic N) is 2. The van der Waals surface area contributed by atoms with Crippen molar-refractivity contribution in [3.05, 3.63) is 29.6 Å². The van der Waals surface area contributed by atoms with E-state index in [1.54, 1.807) is 0 Å². The van der Waals surface area contributed by atoms with Gasteiger partial charge >= 0.3 is 0 Å². The molecule has 0 bridgehead atoms. The number of carbonyl (C=O) groups is 1. The normalized spacial score (nSPS) is 25.3. The molecule has 1 saturated heterocycles. The van der Waals surface area contributed by atoms with Crippen molar-refractivity contribution in [3.8, 4) is 0 Å². The molecule has 0 radical (unpaired) electrons. The van der Waals surface area contributed by atoms with Crippen molar-refractivity contribution in [2.24, 2.45) is 0 Å². The highest BCUT2D eigenvalue weighted by atomic mass is 16.1. The van der Waals surface area contributed by atoms with Gasteiger partial charge in [-0.1, -0.05) is 13.0 Å². The van der Waals surface area contributed by atoms with Crippen molar-refractivity contribution in [2.75, 3.05) is 13.1 Å². The molecule has 1 fully saturated rings. The molecule has 1 aliphatic carbocycles. The van der Waals surface area contributed by atoms with Crippen LogP contribution in [0.4, 0.5) is 0 Å². The maximum atomic E-state index is 13.3. The van der Waals surface area contributed by atoms with Crippen molar-refractivity contribution < 1.29 is 4.79 Å². The summed E-state index contributed by atoms with van der Waals surface area (Å²) in [5, 5.41) is 0. The number of pyridine rings is 1. The predicted octanol–water partition coefficient (Wildman–Crippen LogP) is 3.34. The average Bonchev–Trinajstić information content (AvgIpc) is 3.08. The van der Waals surface area contributed by atoms with Crippen molar-refractivity contribution >= 4 is 5.78 Å². The van der Waals surface area contributed by atoms with E-state index in [-0.39, 0.29) is 11.5 Å². The van der Waals surface area contributed by atoms with Gasteiger partial charge < -0.3 is 0 Å². The minimum atomic E-state index is -0.312. The number of likely N-dealkylation sites (tertiary alicyclic amines) is 1. The first-order valence-corrected chi connectivity index (χ1v) is 8.40. The van der Waals surface area contributed by atoms with Crippen LogP contribution in [0.1, 0.15) is 63.1 Å². The summed E-state index contributed by atoms with van der Waals surface area (Å²) in [5.41, 5.74) is 2.02. The van der Waals surface area contributed by atoms with Gasteiger partial charge in [0.15, 0.2) is 5.78 Å². The third-order valence-corrected chi connectivity index (χ3v) is 5.53. The minimum absolute atomic E-state index is 0.000463. The Balaban J connectivity index is 1.91. The average molecular weight is 286 g/mol. The van der Waals surface area contributed by atoms with Gasteiger partial charge in [-0.25, -0.2) is 0 Å². The van der Waals surface area contributed by atoms with E-state index >= 15 is 0 Å². The fourth-order valence-electron chi connectivity index (χ4n) is 4.00. The Hall–Kier alpha value is -1.22. The molecule has 0 N–H and O–H groups in total. The van der Waals surface area contributed by atoms with Gasteiger partial charge in [0.1, 0.15) is 0 Å². The number of hydrogen-bond acceptors (Lipinski definition) is 3. The summed E-state index contributed by atoms with van der Waals surface area (Å²) in [6, 6.07) is 4.13. The molecule has 0 saturated carbocycles. The Labute approximate surface area is 127 Å². The first-order valence-electron chi connectivity index (χ1n) is 8.40. The van der Waals surface area contributed by atoms with Gasteiger partial charge in [0.05, 0.1) is 17.2 Å². The molecule has 21 heavy (non-hydrogen) atoms. The number of carbonyl (C=O) groups excluding carboxylic acids is 1. The van der Waals surface area contributed by atoms with Crippen LogP contribution in [0.15, 0.2) is 18.3 Å². The fraction of sp³-hybridized carbons (Fsp3) is 0.667. The lowest BCUT2D eigenvalue weighted by Gasteiger charge is -2.40. The summed E-state index contributed by atoms with van der Waals surface area (Å²) in [6.07, 6.45) is 8.32. The van der Waals surface area contributed by atoms with Gasteiger partial charge in [0, 0.05) is 6.20 Å². The monoisotopic (exact) mass is 286 g/mol. The molecule has 0 amide bonds. The maximum Gasteiger partial charge on any atom is 0.161 e. The van der Waals surface area contributed by atoms with E-state index in [9.17, 15) is 4.79 Å². The number of aromatic nitrogens is 1. The van der Waals surface area contributed by atoms with E-state index in [0.717, 1.165) is 44.5 Å². The standard InChI is InChI=1S/C18H26N2O/c1-3-18(2,20-12-4-5-13-20)17(21)15-10-6-8-14-9-7-11-19-16(14)15/h7,9,11,15H,3-6,8,10,12-13H2,1-2H3. The second kappa shape index (κ2) is 5.88. The summed E-state index contributed by atoms with van der Waals surface area (Å²) in [7, 11) is 0. The largest absolute Gasteiger partial charge is 0.297 e. The van der Waals surface area contributed by atoms with Gasteiger partial charge in [-0.3, -0.25) is 14.7 Å². The van der Waals surface area contributed by atoms with Crippen LogP contribution >= 0.6 is 0 Å². The first kappa shape index (κ1) is 14.7. The molecule has 1 aromatic rings. The van der Waals surface area contributed by atoms with E-state index in [2.05, 4.69) is 29.8 Å². The number of fused-ring (bicyclic) bond motifs is 1. The third-order valence-electron chi connectivity index (χ3n) is 5.53. The van der Waals surface area contributed by atoms with Gasteiger partial charge in [0.2, 0.25) is 0 Å². The van der Waals surface area contributed by atoms with Crippen LogP contribution in [0.2, 0.25) is 0 Å². The molecule has 114 valence electrons. The zero-order chi connectivity index (χ0) is 14.9. The predicted molar refractivity (Wildman–Crippen MR) is 84.4 cm³/mol. The molecular formula is C18H26N2O. The Kier molecular flexibility index (Phi) is 4.12. The highest BCUT2D eigenvalue weighted by Gasteiger charge is 2.43. The summed E-state index contributed by atoms with van der Waals surface area (Å²) in [4.78, 5) is 20.3. The van der Waals surface area contributed by atoms with Crippen molar-refractivity contribution in [2.45, 2.75) is 63.8 Å². The molecule has 2 heterocycles. The zero-order valence-corrected chi connectivity index (χ0v) is 13.3. The van der Waals surface area contributed by atoms with Gasteiger partial charge in [-0.15, -0.1) is 0 Å². The Morgan fingerprint density at radius 2 is 2.14 bits per heavy atom. The zero-order valence-electron chi connectivity index (χ0n) is 13.3. The number of rotatable bonds is 4. The van der Waals surface area contributed by atoms with Crippen LogP contribution in [0.5, 0.6) is 0 Å². The molecule has 3 nitrogen and oxygen atoms in total. The second-order valence-corrected chi connectivity index (χ2v) is 6.68. The lowest BCUT2D eigenvalue weighted by molar-refractivity contribution is -0.132. The highest BCUT2D eigenvalue weighted by molar-refractivity contribution is 5.94. The number of ketones is 1. The lowest BCUT2D eigenvalue weighted by Crippen LogP contribution is -2.52. The van der Waals surface area contributed by atoms with E-state index in [0.29, 0.717) is 5.78 Å². The number of aryl methyl sites for hydroxylation is 1. The van der Waals surface area contributed by atoms with E-state index in [4.69, 9.17) is 0 Å². The summed E-state index contributed by atoms with van der Waals surface area (Å²) < 4.78 is 0. The van der Waals surface area contributed by atoms with Crippen LogP contribution in [0.25, 0.3) is 0 Å². The molecule has 2 aliphatic rings. The number of hydrogen-bond donors (Lipinski definition) is 0. The van der Waals surface area contributed by atoms with Crippen molar-refractivity contribution in [3.63, 3.8) is 0 Å². The SMILES string of the molecule is CCC(C)(C(=O)C1CCCc2cccnc21)N1CCCC1. The van der Waals surface area contributed by atoms with E-state index < -0.39 is 0 Å². The molecule has 0 aromatic carbocycles.